The third-order valence-electron chi connectivity index (χ3n) is 7.13. The third kappa shape index (κ3) is 6.12. The van der Waals surface area contributed by atoms with Gasteiger partial charge in [-0.1, -0.05) is 82.1 Å². The first kappa shape index (κ1) is 29.0. The number of hydrogen-bond acceptors (Lipinski definition) is 4. The van der Waals surface area contributed by atoms with Crippen molar-refractivity contribution in [2.24, 2.45) is 16.6 Å². The van der Waals surface area contributed by atoms with Crippen LogP contribution in [0.2, 0.25) is 10.0 Å². The summed E-state index contributed by atoms with van der Waals surface area (Å²) in [4.78, 5) is 26.9. The molecular weight excluding hydrogens is 509 g/mol. The average Bonchev–Trinajstić information content (AvgIpc) is 3.01. The summed E-state index contributed by atoms with van der Waals surface area (Å²) >= 11 is 12.6. The van der Waals surface area contributed by atoms with Crippen LogP contribution < -0.4 is 5.73 Å². The Morgan fingerprint density at radius 1 is 1.08 bits per heavy atom. The highest BCUT2D eigenvalue weighted by molar-refractivity contribution is 6.30. The number of likely N-dealkylation sites (tertiary alicyclic amines) is 1. The van der Waals surface area contributed by atoms with E-state index in [9.17, 15) is 20.0 Å². The maximum atomic E-state index is 13.1. The summed E-state index contributed by atoms with van der Waals surface area (Å²) < 4.78 is 0. The fourth-order valence-corrected chi connectivity index (χ4v) is 6.25. The van der Waals surface area contributed by atoms with E-state index in [-0.39, 0.29) is 18.4 Å². The van der Waals surface area contributed by atoms with E-state index in [2.05, 4.69) is 26.8 Å². The number of nitrogens with two attached hydrogens (primary N) is 1. The minimum atomic E-state index is -1.24. The second-order valence-electron chi connectivity index (χ2n) is 12.1. The lowest BCUT2D eigenvalue weighted by Crippen LogP contribution is -2.50. The van der Waals surface area contributed by atoms with E-state index in [0.29, 0.717) is 27.6 Å². The number of benzene rings is 2. The Balaban J connectivity index is 2.39. The number of carboxylic acids is 1. The number of halogens is 2. The molecule has 0 aliphatic carbocycles. The SMILES string of the molecule is CC(C)(C)C[C@@H]1N(CC(C)(C)CC(N)=O)[C@@H](C(=O)O)[C@H](c2cccc(Cl)c2)[C@@]1(C#N)c1ccc(Cl)cc1. The Labute approximate surface area is 229 Å². The van der Waals surface area contributed by atoms with Crippen molar-refractivity contribution in [1.82, 2.24) is 4.90 Å². The van der Waals surface area contributed by atoms with E-state index in [1.54, 1.807) is 30.3 Å². The fraction of sp³-hybridized carbons (Fsp3) is 0.483. The number of primary amides is 1. The summed E-state index contributed by atoms with van der Waals surface area (Å²) in [5, 5.41) is 22.7. The summed E-state index contributed by atoms with van der Waals surface area (Å²) in [6.45, 7) is 10.3. The van der Waals surface area contributed by atoms with Crippen molar-refractivity contribution >= 4 is 35.1 Å². The molecular formula is C29H35Cl2N3O3. The molecule has 0 spiro atoms. The Bertz CT molecular complexity index is 1200. The quantitative estimate of drug-likeness (QED) is 0.423. The summed E-state index contributed by atoms with van der Waals surface area (Å²) in [5.74, 6) is -2.24. The lowest BCUT2D eigenvalue weighted by Gasteiger charge is -2.41. The zero-order valence-corrected chi connectivity index (χ0v) is 23.5. The fourth-order valence-electron chi connectivity index (χ4n) is 5.93. The summed E-state index contributed by atoms with van der Waals surface area (Å²) in [5.41, 5.74) is 4.81. The zero-order chi connectivity index (χ0) is 27.8. The topological polar surface area (TPSA) is 107 Å². The number of hydrogen-bond donors (Lipinski definition) is 2. The molecule has 0 bridgehead atoms. The van der Waals surface area contributed by atoms with Crippen molar-refractivity contribution in [3.05, 3.63) is 69.7 Å². The van der Waals surface area contributed by atoms with Crippen molar-refractivity contribution in [3.63, 3.8) is 0 Å². The molecule has 1 fully saturated rings. The van der Waals surface area contributed by atoms with Gasteiger partial charge in [0.05, 0.1) is 6.07 Å². The molecule has 1 aliphatic rings. The Kier molecular flexibility index (Phi) is 8.34. The second kappa shape index (κ2) is 10.6. The highest BCUT2D eigenvalue weighted by atomic mass is 35.5. The highest BCUT2D eigenvalue weighted by Gasteiger charge is 2.64. The largest absolute Gasteiger partial charge is 0.480 e. The van der Waals surface area contributed by atoms with Crippen molar-refractivity contribution in [3.8, 4) is 6.07 Å². The van der Waals surface area contributed by atoms with E-state index < -0.39 is 40.7 Å². The van der Waals surface area contributed by atoms with Crippen LogP contribution in [-0.2, 0) is 15.0 Å². The van der Waals surface area contributed by atoms with Crippen molar-refractivity contribution in [2.45, 2.75) is 70.9 Å². The average molecular weight is 545 g/mol. The molecule has 198 valence electrons. The molecule has 2 aromatic rings. The number of rotatable bonds is 8. The molecule has 37 heavy (non-hydrogen) atoms. The molecule has 3 rings (SSSR count). The maximum Gasteiger partial charge on any atom is 0.321 e. The van der Waals surface area contributed by atoms with Crippen LogP contribution in [0.4, 0.5) is 0 Å². The number of carboxylic acid groups (broad SMARTS) is 1. The van der Waals surface area contributed by atoms with Gasteiger partial charge in [-0.3, -0.25) is 14.5 Å². The molecule has 8 heteroatoms. The van der Waals surface area contributed by atoms with Crippen LogP contribution in [0.25, 0.3) is 0 Å². The van der Waals surface area contributed by atoms with Gasteiger partial charge in [0.1, 0.15) is 11.5 Å². The van der Waals surface area contributed by atoms with Gasteiger partial charge < -0.3 is 10.8 Å². The summed E-state index contributed by atoms with van der Waals surface area (Å²) in [6, 6.07) is 15.3. The molecule has 3 N–H and O–H groups in total. The number of amides is 1. The van der Waals surface area contributed by atoms with E-state index in [4.69, 9.17) is 28.9 Å². The van der Waals surface area contributed by atoms with E-state index >= 15 is 0 Å². The first-order chi connectivity index (χ1) is 17.1. The maximum absolute atomic E-state index is 13.1. The molecule has 0 unspecified atom stereocenters. The van der Waals surface area contributed by atoms with Gasteiger partial charge in [-0.25, -0.2) is 0 Å². The number of carbonyl (C=O) groups excluding carboxylic acids is 1. The number of aliphatic carboxylic acids is 1. The highest BCUT2D eigenvalue weighted by Crippen LogP contribution is 2.56. The van der Waals surface area contributed by atoms with Gasteiger partial charge in [0, 0.05) is 35.0 Å². The molecule has 6 nitrogen and oxygen atoms in total. The van der Waals surface area contributed by atoms with Gasteiger partial charge in [0.2, 0.25) is 5.91 Å². The number of nitriles is 1. The van der Waals surface area contributed by atoms with Crippen LogP contribution in [0.3, 0.4) is 0 Å². The van der Waals surface area contributed by atoms with Gasteiger partial charge in [-0.05, 0) is 52.6 Å². The molecule has 0 radical (unpaired) electrons. The molecule has 1 aliphatic heterocycles. The monoisotopic (exact) mass is 543 g/mol. The van der Waals surface area contributed by atoms with Gasteiger partial charge in [0.15, 0.2) is 0 Å². The van der Waals surface area contributed by atoms with Crippen LogP contribution in [0, 0.1) is 22.2 Å². The minimum Gasteiger partial charge on any atom is -0.480 e. The lowest BCUT2D eigenvalue weighted by atomic mass is 9.63. The molecule has 2 aromatic carbocycles. The Morgan fingerprint density at radius 2 is 1.70 bits per heavy atom. The van der Waals surface area contributed by atoms with Gasteiger partial charge in [-0.2, -0.15) is 5.26 Å². The smallest absolute Gasteiger partial charge is 0.321 e. The Morgan fingerprint density at radius 3 is 2.19 bits per heavy atom. The second-order valence-corrected chi connectivity index (χ2v) is 12.9. The molecule has 1 amide bonds. The van der Waals surface area contributed by atoms with Crippen molar-refractivity contribution in [2.75, 3.05) is 6.54 Å². The molecule has 0 aromatic heterocycles. The predicted octanol–water partition coefficient (Wildman–Crippen LogP) is 6.01. The summed E-state index contributed by atoms with van der Waals surface area (Å²) in [7, 11) is 0. The number of carbonyl (C=O) groups is 2. The van der Waals surface area contributed by atoms with Gasteiger partial charge >= 0.3 is 5.97 Å². The van der Waals surface area contributed by atoms with E-state index in [1.165, 1.54) is 0 Å². The summed E-state index contributed by atoms with van der Waals surface area (Å²) in [6.07, 6.45) is 0.622. The molecule has 4 atom stereocenters. The first-order valence-electron chi connectivity index (χ1n) is 12.3. The first-order valence-corrected chi connectivity index (χ1v) is 13.1. The zero-order valence-electron chi connectivity index (χ0n) is 22.0. The molecule has 1 heterocycles. The van der Waals surface area contributed by atoms with Gasteiger partial charge in [0.25, 0.3) is 0 Å². The standard InChI is InChI=1S/C29H35Cl2N3O3/c1-27(2,3)14-22-29(16-32,19-9-11-20(30)12-10-19)24(18-7-6-8-21(31)13-18)25(26(36)37)34(22)17-28(4,5)15-23(33)35/h6-13,22,24-25H,14-15,17H2,1-5H3,(H2,33,35)(H,36,37)/t22-,24-,25+,29-/m0/s1. The third-order valence-corrected chi connectivity index (χ3v) is 7.61. The van der Waals surface area contributed by atoms with Crippen LogP contribution in [-0.4, -0.2) is 40.5 Å². The Hall–Kier alpha value is -2.59. The normalized spacial score (nSPS) is 24.5. The van der Waals surface area contributed by atoms with Gasteiger partial charge in [-0.15, -0.1) is 0 Å². The predicted molar refractivity (Wildman–Crippen MR) is 147 cm³/mol. The lowest BCUT2D eigenvalue weighted by molar-refractivity contribution is -0.143. The minimum absolute atomic E-state index is 0.0837. The number of nitrogens with zero attached hydrogens (tertiary/aromatic N) is 2. The van der Waals surface area contributed by atoms with Crippen LogP contribution in [0.15, 0.2) is 48.5 Å². The van der Waals surface area contributed by atoms with E-state index in [0.717, 1.165) is 0 Å². The van der Waals surface area contributed by atoms with Crippen molar-refractivity contribution < 1.29 is 14.7 Å². The van der Waals surface area contributed by atoms with Crippen LogP contribution in [0.1, 0.15) is 64.5 Å². The van der Waals surface area contributed by atoms with Crippen molar-refractivity contribution in [1.29, 1.82) is 5.26 Å². The molecule has 1 saturated heterocycles. The molecule has 0 saturated carbocycles. The van der Waals surface area contributed by atoms with E-state index in [1.807, 2.05) is 36.9 Å². The van der Waals surface area contributed by atoms with Crippen LogP contribution in [0.5, 0.6) is 0 Å². The van der Waals surface area contributed by atoms with Crippen LogP contribution >= 0.6 is 23.2 Å².